The first-order valence-corrected chi connectivity index (χ1v) is 53.5. The van der Waals surface area contributed by atoms with Gasteiger partial charge in [0.15, 0.2) is 6.10 Å². The number of phosphoric ester groups is 2. The number of hydrogen-bond acceptors (Lipinski definition) is 14. The molecule has 0 spiro atoms. The molecule has 0 saturated heterocycles. The van der Waals surface area contributed by atoms with Crippen LogP contribution in [-0.2, 0) is 55.8 Å². The average molecular weight is 1770 g/mol. The van der Waals surface area contributed by atoms with Crippen LogP contribution in [0.15, 0.2) is 134 Å². The SMILES string of the molecule is CCCCC/C=C\C/C=C\C/C=C\C/C=C\CCCCCCCCCCCCCCCCCCCCCC(=O)OCC(O)COP(=O)(O)OCC(O)COP(=O)(O)OCC(COC(=O)CCCCCCCCCCCCCCCCCCC/C=C\C/C=C\C/C=C\C/C=C\CCCCC)OC(=O)CCCCCCCC/C=C\C/C=C\C/C=C\CCCCC. The second-order valence-electron chi connectivity index (χ2n) is 33.9. The Hall–Kier alpha value is -4.31. The smallest absolute Gasteiger partial charge is 0.463 e. The van der Waals surface area contributed by atoms with Gasteiger partial charge in [-0.2, -0.15) is 0 Å². The number of aliphatic hydroxyl groups is 2. The number of aliphatic hydroxyl groups excluding tert-OH is 2. The van der Waals surface area contributed by atoms with Gasteiger partial charge >= 0.3 is 33.6 Å². The van der Waals surface area contributed by atoms with Gasteiger partial charge in [0.25, 0.3) is 0 Å². The highest BCUT2D eigenvalue weighted by molar-refractivity contribution is 7.47. The van der Waals surface area contributed by atoms with Crippen LogP contribution >= 0.6 is 15.6 Å². The van der Waals surface area contributed by atoms with Gasteiger partial charge in [0.05, 0.1) is 26.4 Å². The predicted octanol–water partition coefficient (Wildman–Crippen LogP) is 31.7. The van der Waals surface area contributed by atoms with Gasteiger partial charge < -0.3 is 34.2 Å². The van der Waals surface area contributed by atoms with Crippen molar-refractivity contribution < 1.29 is 75.8 Å². The maximum atomic E-state index is 13.1. The Morgan fingerprint density at radius 2 is 0.407 bits per heavy atom. The minimum atomic E-state index is -4.94. The number of phosphoric acid groups is 2. The molecule has 16 nitrogen and oxygen atoms in total. The van der Waals surface area contributed by atoms with Gasteiger partial charge in [0.2, 0.25) is 0 Å². The number of ether oxygens (including phenoxy) is 3. The molecule has 5 atom stereocenters. The summed E-state index contributed by atoms with van der Waals surface area (Å²) in [5.74, 6) is -1.57. The largest absolute Gasteiger partial charge is 0.472 e. The summed E-state index contributed by atoms with van der Waals surface area (Å²) in [6.07, 6.45) is 122. The van der Waals surface area contributed by atoms with E-state index in [0.29, 0.717) is 19.3 Å². The van der Waals surface area contributed by atoms with Crippen LogP contribution in [0.1, 0.15) is 457 Å². The maximum Gasteiger partial charge on any atom is 0.472 e. The number of esters is 3. The molecule has 123 heavy (non-hydrogen) atoms. The third kappa shape index (κ3) is 98.1. The Morgan fingerprint density at radius 3 is 0.642 bits per heavy atom. The predicted molar refractivity (Wildman–Crippen MR) is 519 cm³/mol. The topological polar surface area (TPSA) is 231 Å². The van der Waals surface area contributed by atoms with Gasteiger partial charge in [-0.25, -0.2) is 9.13 Å². The minimum Gasteiger partial charge on any atom is -0.463 e. The van der Waals surface area contributed by atoms with Gasteiger partial charge in [-0.1, -0.05) is 424 Å². The maximum absolute atomic E-state index is 13.1. The Kier molecular flexibility index (Phi) is 93.4. The quantitative estimate of drug-likeness (QED) is 0.0146. The van der Waals surface area contributed by atoms with Crippen LogP contribution in [-0.4, -0.2) is 95.9 Å². The summed E-state index contributed by atoms with van der Waals surface area (Å²) >= 11 is 0. The highest BCUT2D eigenvalue weighted by Crippen LogP contribution is 2.45. The van der Waals surface area contributed by atoms with Crippen molar-refractivity contribution in [2.24, 2.45) is 0 Å². The van der Waals surface area contributed by atoms with E-state index in [9.17, 15) is 43.5 Å². The second kappa shape index (κ2) is 96.8. The molecule has 0 heterocycles. The number of unbranched alkanes of at least 4 members (excludes halogenated alkanes) is 51. The van der Waals surface area contributed by atoms with Gasteiger partial charge in [-0.05, 0) is 148 Å². The normalized spacial score (nSPS) is 14.2. The number of carbonyl (C=O) groups is 3. The van der Waals surface area contributed by atoms with E-state index in [0.717, 1.165) is 135 Å². The lowest BCUT2D eigenvalue weighted by molar-refractivity contribution is -0.161. The second-order valence-corrected chi connectivity index (χ2v) is 36.8. The van der Waals surface area contributed by atoms with Gasteiger partial charge in [0.1, 0.15) is 25.4 Å². The first-order valence-electron chi connectivity index (χ1n) is 50.5. The summed E-state index contributed by atoms with van der Waals surface area (Å²) < 4.78 is 61.6. The fourth-order valence-corrected chi connectivity index (χ4v) is 15.7. The minimum absolute atomic E-state index is 0.0905. The van der Waals surface area contributed by atoms with E-state index in [1.807, 2.05) is 0 Å². The molecule has 0 fully saturated rings. The number of hydrogen-bond donors (Lipinski definition) is 4. The number of rotatable bonds is 96. The van der Waals surface area contributed by atoms with E-state index in [1.165, 1.54) is 263 Å². The molecule has 0 aliphatic heterocycles. The number of carbonyl (C=O) groups excluding carboxylic acids is 3. The van der Waals surface area contributed by atoms with E-state index in [1.54, 1.807) is 0 Å². The Morgan fingerprint density at radius 1 is 0.228 bits per heavy atom. The van der Waals surface area contributed by atoms with Gasteiger partial charge in [-0.3, -0.25) is 32.5 Å². The molecule has 0 aromatic rings. The molecule has 0 aliphatic carbocycles. The highest BCUT2D eigenvalue weighted by atomic mass is 31.2. The summed E-state index contributed by atoms with van der Waals surface area (Å²) in [5.41, 5.74) is 0. The molecule has 0 saturated carbocycles. The summed E-state index contributed by atoms with van der Waals surface area (Å²) in [6.45, 7) is 2.67. The first-order chi connectivity index (χ1) is 60.2. The average Bonchev–Trinajstić information content (AvgIpc) is 0.899. The van der Waals surface area contributed by atoms with Crippen molar-refractivity contribution in [1.29, 1.82) is 0 Å². The van der Waals surface area contributed by atoms with Crippen LogP contribution < -0.4 is 0 Å². The Balaban J connectivity index is 4.47. The number of allylic oxidation sites excluding steroid dienone is 22. The molecule has 712 valence electrons. The van der Waals surface area contributed by atoms with Crippen molar-refractivity contribution in [2.75, 3.05) is 39.6 Å². The molecule has 0 aromatic carbocycles. The van der Waals surface area contributed by atoms with Crippen molar-refractivity contribution in [2.45, 2.75) is 476 Å². The van der Waals surface area contributed by atoms with Crippen molar-refractivity contribution in [1.82, 2.24) is 0 Å². The van der Waals surface area contributed by atoms with E-state index in [-0.39, 0.29) is 19.3 Å². The Bertz CT molecular complexity index is 2770. The molecule has 18 heteroatoms. The monoisotopic (exact) mass is 1770 g/mol. The van der Waals surface area contributed by atoms with E-state index >= 15 is 0 Å². The van der Waals surface area contributed by atoms with Crippen LogP contribution in [0.4, 0.5) is 0 Å². The van der Waals surface area contributed by atoms with Crippen LogP contribution in [0.25, 0.3) is 0 Å². The summed E-state index contributed by atoms with van der Waals surface area (Å²) in [7, 11) is -9.81. The molecule has 0 bridgehead atoms. The summed E-state index contributed by atoms with van der Waals surface area (Å²) in [5, 5.41) is 20.8. The molecule has 0 aliphatic rings. The molecule has 4 N–H and O–H groups in total. The lowest BCUT2D eigenvalue weighted by Crippen LogP contribution is -2.30. The van der Waals surface area contributed by atoms with Gasteiger partial charge in [0, 0.05) is 19.3 Å². The third-order valence-electron chi connectivity index (χ3n) is 21.8. The van der Waals surface area contributed by atoms with Crippen LogP contribution in [0.5, 0.6) is 0 Å². The zero-order chi connectivity index (χ0) is 89.3. The van der Waals surface area contributed by atoms with Gasteiger partial charge in [-0.15, -0.1) is 0 Å². The van der Waals surface area contributed by atoms with Crippen molar-refractivity contribution in [3.05, 3.63) is 134 Å². The van der Waals surface area contributed by atoms with E-state index in [4.69, 9.17) is 32.3 Å². The highest BCUT2D eigenvalue weighted by Gasteiger charge is 2.30. The fraction of sp³-hybridized carbons (Fsp3) is 0.762. The molecular formula is C105H186O16P2. The van der Waals surface area contributed by atoms with E-state index in [2.05, 4.69) is 154 Å². The zero-order valence-electron chi connectivity index (χ0n) is 78.8. The van der Waals surface area contributed by atoms with Crippen LogP contribution in [0.2, 0.25) is 0 Å². The zero-order valence-corrected chi connectivity index (χ0v) is 80.6. The molecule has 0 aromatic heterocycles. The fourth-order valence-electron chi connectivity index (χ4n) is 14.1. The summed E-state index contributed by atoms with van der Waals surface area (Å²) in [4.78, 5) is 59.1. The van der Waals surface area contributed by atoms with Crippen LogP contribution in [0.3, 0.4) is 0 Å². The van der Waals surface area contributed by atoms with Crippen molar-refractivity contribution in [3.63, 3.8) is 0 Å². The summed E-state index contributed by atoms with van der Waals surface area (Å²) in [6, 6.07) is 0. The lowest BCUT2D eigenvalue weighted by atomic mass is 10.0. The molecule has 5 unspecified atom stereocenters. The lowest BCUT2D eigenvalue weighted by Gasteiger charge is -2.21. The van der Waals surface area contributed by atoms with Crippen molar-refractivity contribution in [3.8, 4) is 0 Å². The Labute approximate surface area is 754 Å². The van der Waals surface area contributed by atoms with Crippen molar-refractivity contribution >= 4 is 33.6 Å². The first kappa shape index (κ1) is 119. The van der Waals surface area contributed by atoms with E-state index < -0.39 is 91.5 Å². The molecule has 0 radical (unpaired) electrons. The molecule has 0 rings (SSSR count). The standard InChI is InChI=1S/C105H186O16P2/c1-4-7-10-13-16-19-22-25-28-31-34-36-38-40-42-44-46-48-49-51-53-54-56-58-60-62-65-67-70-73-76-79-82-85-88-91-103(108)115-94-100(106)95-117-122(111,112)118-96-101(107)97-119-123(113,114)120-99-102(121-105(110)93-90-87-84-81-78-75-72-69-64-33-30-27-24-21-18-15-12-9-6-3)98-116-104(109)92-89-86-83-80-77-74-71-68-66-63-61-59-57-55-52-50-47-45-43-41-39-37-35-32-29-26-23-20-17-14-11-8-5-2/h16-21,25-30,34-37,40-43,64,69,100-102,106-107H,4-15,22-24,31-33,38-39,44-63,65-68,70-99H2,1-3H3,(H,111,112)(H,113,114)/b19-16-,20-17-,21-18-,28-25-,29-26-,30-27-,36-34-,37-35-,42-40-,43-41-,69-64-. The molecule has 0 amide bonds. The third-order valence-corrected chi connectivity index (χ3v) is 23.7. The van der Waals surface area contributed by atoms with Crippen LogP contribution in [0, 0.1) is 0 Å². The molecular weight excluding hydrogens is 1580 g/mol.